The van der Waals surface area contributed by atoms with Gasteiger partial charge >= 0.3 is 0 Å². The zero-order chi connectivity index (χ0) is 18.4. The first kappa shape index (κ1) is 19.7. The highest BCUT2D eigenvalue weighted by atomic mass is 79.9. The molecule has 0 heterocycles. The Balaban J connectivity index is 1.81. The molecular formula is C18H24BrFN2O3. The van der Waals surface area contributed by atoms with Crippen LogP contribution in [0.1, 0.15) is 32.1 Å². The minimum absolute atomic E-state index is 0.00197. The van der Waals surface area contributed by atoms with Crippen LogP contribution in [0.25, 0.3) is 0 Å². The molecule has 0 N–H and O–H groups in total. The van der Waals surface area contributed by atoms with Crippen LogP contribution in [0.15, 0.2) is 22.7 Å². The van der Waals surface area contributed by atoms with E-state index in [0.29, 0.717) is 4.47 Å². The molecule has 1 aliphatic rings. The van der Waals surface area contributed by atoms with Crippen molar-refractivity contribution in [3.63, 3.8) is 0 Å². The van der Waals surface area contributed by atoms with E-state index in [1.165, 1.54) is 23.5 Å². The monoisotopic (exact) mass is 414 g/mol. The lowest BCUT2D eigenvalue weighted by Gasteiger charge is -2.32. The molecule has 0 spiro atoms. The Bertz CT molecular complexity index is 620. The summed E-state index contributed by atoms with van der Waals surface area (Å²) in [5.41, 5.74) is 0. The van der Waals surface area contributed by atoms with Crippen molar-refractivity contribution in [2.24, 2.45) is 0 Å². The summed E-state index contributed by atoms with van der Waals surface area (Å²) in [6.45, 7) is -0.312. The van der Waals surface area contributed by atoms with Crippen molar-refractivity contribution in [1.82, 2.24) is 9.80 Å². The van der Waals surface area contributed by atoms with Gasteiger partial charge in [-0.2, -0.15) is 0 Å². The molecule has 7 heteroatoms. The van der Waals surface area contributed by atoms with E-state index < -0.39 is 5.82 Å². The topological polar surface area (TPSA) is 49.9 Å². The van der Waals surface area contributed by atoms with E-state index in [9.17, 15) is 14.0 Å². The number of ether oxygens (including phenoxy) is 1. The van der Waals surface area contributed by atoms with Gasteiger partial charge in [0.25, 0.3) is 5.91 Å². The minimum Gasteiger partial charge on any atom is -0.481 e. The lowest BCUT2D eigenvalue weighted by Crippen LogP contribution is -2.45. The van der Waals surface area contributed by atoms with Crippen molar-refractivity contribution < 1.29 is 18.7 Å². The highest BCUT2D eigenvalue weighted by Gasteiger charge is 2.24. The van der Waals surface area contributed by atoms with Crippen molar-refractivity contribution in [3.05, 3.63) is 28.5 Å². The van der Waals surface area contributed by atoms with Gasteiger partial charge in [0, 0.05) is 24.6 Å². The van der Waals surface area contributed by atoms with Gasteiger partial charge in [-0.1, -0.05) is 35.2 Å². The quantitative estimate of drug-likeness (QED) is 0.717. The second kappa shape index (κ2) is 9.17. The van der Waals surface area contributed by atoms with E-state index in [0.717, 1.165) is 25.7 Å². The summed E-state index contributed by atoms with van der Waals surface area (Å²) < 4.78 is 19.5. The van der Waals surface area contributed by atoms with Crippen LogP contribution in [0.4, 0.5) is 4.39 Å². The normalized spacial score (nSPS) is 14.9. The molecule has 0 aromatic heterocycles. The fourth-order valence-electron chi connectivity index (χ4n) is 2.92. The van der Waals surface area contributed by atoms with E-state index in [-0.39, 0.29) is 36.8 Å². The summed E-state index contributed by atoms with van der Waals surface area (Å²) in [7, 11) is 3.35. The molecule has 0 atom stereocenters. The second-order valence-corrected chi connectivity index (χ2v) is 7.33. The van der Waals surface area contributed by atoms with Crippen LogP contribution >= 0.6 is 15.9 Å². The van der Waals surface area contributed by atoms with Gasteiger partial charge < -0.3 is 14.5 Å². The van der Waals surface area contributed by atoms with Crippen LogP contribution in [0.5, 0.6) is 5.75 Å². The molecule has 138 valence electrons. The van der Waals surface area contributed by atoms with E-state index in [1.54, 1.807) is 25.1 Å². The number of benzene rings is 1. The highest BCUT2D eigenvalue weighted by molar-refractivity contribution is 9.10. The summed E-state index contributed by atoms with van der Waals surface area (Å²) in [6, 6.07) is 4.62. The fraction of sp³-hybridized carbons (Fsp3) is 0.556. The molecule has 0 aliphatic heterocycles. The maximum Gasteiger partial charge on any atom is 0.260 e. The smallest absolute Gasteiger partial charge is 0.260 e. The van der Waals surface area contributed by atoms with Crippen LogP contribution in [0.3, 0.4) is 0 Å². The number of hydrogen-bond acceptors (Lipinski definition) is 3. The first-order chi connectivity index (χ1) is 11.9. The standard InChI is InChI=1S/C18H24BrFN2O3/c1-21(11-17(23)22(2)14-6-4-3-5-7-14)18(24)12-25-16-9-8-13(19)10-15(16)20/h8-10,14H,3-7,11-12H2,1-2H3. The first-order valence-electron chi connectivity index (χ1n) is 8.46. The van der Waals surface area contributed by atoms with Gasteiger partial charge in [0.05, 0.1) is 6.54 Å². The molecule has 5 nitrogen and oxygen atoms in total. The molecule has 1 saturated carbocycles. The van der Waals surface area contributed by atoms with Crippen molar-refractivity contribution in [1.29, 1.82) is 0 Å². The van der Waals surface area contributed by atoms with Gasteiger partial charge in [0.1, 0.15) is 0 Å². The third-order valence-electron chi connectivity index (χ3n) is 4.56. The van der Waals surface area contributed by atoms with Crippen molar-refractivity contribution in [2.75, 3.05) is 27.2 Å². The lowest BCUT2D eigenvalue weighted by molar-refractivity contribution is -0.141. The molecule has 2 amide bonds. The first-order valence-corrected chi connectivity index (χ1v) is 9.25. The molecule has 1 aliphatic carbocycles. The van der Waals surface area contributed by atoms with Crippen molar-refractivity contribution in [3.8, 4) is 5.75 Å². The number of carbonyl (C=O) groups is 2. The maximum absolute atomic E-state index is 13.7. The summed E-state index contributed by atoms with van der Waals surface area (Å²) in [5, 5.41) is 0. The number of hydrogen-bond donors (Lipinski definition) is 0. The summed E-state index contributed by atoms with van der Waals surface area (Å²) in [4.78, 5) is 27.5. The Kier molecular flexibility index (Phi) is 7.23. The Morgan fingerprint density at radius 1 is 1.20 bits per heavy atom. The SMILES string of the molecule is CN(CC(=O)N(C)C1CCCCC1)C(=O)COc1ccc(Br)cc1F. The third-order valence-corrected chi connectivity index (χ3v) is 5.05. The van der Waals surface area contributed by atoms with E-state index >= 15 is 0 Å². The fourth-order valence-corrected chi connectivity index (χ4v) is 3.25. The van der Waals surface area contributed by atoms with Crippen molar-refractivity contribution in [2.45, 2.75) is 38.1 Å². The number of amides is 2. The van der Waals surface area contributed by atoms with E-state index in [4.69, 9.17) is 4.74 Å². The molecule has 0 radical (unpaired) electrons. The van der Waals surface area contributed by atoms with Crippen LogP contribution in [0, 0.1) is 5.82 Å². The van der Waals surface area contributed by atoms with Gasteiger partial charge in [-0.15, -0.1) is 0 Å². The average Bonchev–Trinajstić information content (AvgIpc) is 2.60. The Labute approximate surface area is 156 Å². The Morgan fingerprint density at radius 2 is 1.88 bits per heavy atom. The highest BCUT2D eigenvalue weighted by Crippen LogP contribution is 2.22. The number of carbonyl (C=O) groups excluding carboxylic acids is 2. The lowest BCUT2D eigenvalue weighted by atomic mass is 9.94. The Morgan fingerprint density at radius 3 is 2.52 bits per heavy atom. The summed E-state index contributed by atoms with van der Waals surface area (Å²) in [5.74, 6) is -0.987. The second-order valence-electron chi connectivity index (χ2n) is 6.41. The van der Waals surface area contributed by atoms with Crippen LogP contribution in [-0.2, 0) is 9.59 Å². The van der Waals surface area contributed by atoms with Crippen molar-refractivity contribution >= 4 is 27.7 Å². The number of likely N-dealkylation sites (N-methyl/N-ethyl adjacent to an activating group) is 2. The van der Waals surface area contributed by atoms with Crippen LogP contribution < -0.4 is 4.74 Å². The molecule has 25 heavy (non-hydrogen) atoms. The van der Waals surface area contributed by atoms with Gasteiger partial charge in [-0.05, 0) is 31.0 Å². The summed E-state index contributed by atoms with van der Waals surface area (Å²) in [6.07, 6.45) is 5.55. The molecule has 2 rings (SSSR count). The van der Waals surface area contributed by atoms with Crippen LogP contribution in [-0.4, -0.2) is 54.9 Å². The van der Waals surface area contributed by atoms with Gasteiger partial charge in [-0.3, -0.25) is 9.59 Å². The predicted molar refractivity (Wildman–Crippen MR) is 96.9 cm³/mol. The molecule has 0 bridgehead atoms. The molecule has 1 aromatic rings. The molecular weight excluding hydrogens is 391 g/mol. The maximum atomic E-state index is 13.7. The zero-order valence-electron chi connectivity index (χ0n) is 14.6. The predicted octanol–water partition coefficient (Wildman–Crippen LogP) is 3.22. The molecule has 0 saturated heterocycles. The number of rotatable bonds is 6. The molecule has 1 fully saturated rings. The minimum atomic E-state index is -0.544. The average molecular weight is 415 g/mol. The molecule has 1 aromatic carbocycles. The molecule has 0 unspecified atom stereocenters. The number of halogens is 2. The summed E-state index contributed by atoms with van der Waals surface area (Å²) >= 11 is 3.16. The largest absolute Gasteiger partial charge is 0.481 e. The van der Waals surface area contributed by atoms with Gasteiger partial charge in [0.2, 0.25) is 5.91 Å². The van der Waals surface area contributed by atoms with Gasteiger partial charge in [0.15, 0.2) is 18.2 Å². The number of nitrogens with zero attached hydrogens (tertiary/aromatic N) is 2. The third kappa shape index (κ3) is 5.70. The van der Waals surface area contributed by atoms with Crippen LogP contribution in [0.2, 0.25) is 0 Å². The van der Waals surface area contributed by atoms with Gasteiger partial charge in [-0.25, -0.2) is 4.39 Å². The van der Waals surface area contributed by atoms with E-state index in [1.807, 2.05) is 0 Å². The Hall–Kier alpha value is -1.63. The van der Waals surface area contributed by atoms with E-state index in [2.05, 4.69) is 15.9 Å². The zero-order valence-corrected chi connectivity index (χ0v) is 16.2.